The Morgan fingerprint density at radius 1 is 1.35 bits per heavy atom. The molecule has 0 radical (unpaired) electrons. The zero-order valence-electron chi connectivity index (χ0n) is 14.2. The minimum absolute atomic E-state index is 0.0484. The van der Waals surface area contributed by atoms with E-state index in [9.17, 15) is 4.79 Å². The Bertz CT molecular complexity index is 1020. The number of rotatable bonds is 4. The molecular formula is C17H16N6OS2. The van der Waals surface area contributed by atoms with Gasteiger partial charge in [0.15, 0.2) is 5.17 Å². The molecule has 1 aromatic carbocycles. The highest BCUT2D eigenvalue weighted by Crippen LogP contribution is 2.26. The first kappa shape index (κ1) is 16.9. The van der Waals surface area contributed by atoms with Crippen LogP contribution in [0.3, 0.4) is 0 Å². The summed E-state index contributed by atoms with van der Waals surface area (Å²) in [5.74, 6) is -0.0484. The lowest BCUT2D eigenvalue weighted by molar-refractivity contribution is -0.118. The van der Waals surface area contributed by atoms with Gasteiger partial charge in [-0.2, -0.15) is 10.2 Å². The Balaban J connectivity index is 1.74. The van der Waals surface area contributed by atoms with Crippen LogP contribution in [0.4, 0.5) is 0 Å². The van der Waals surface area contributed by atoms with Crippen molar-refractivity contribution in [2.24, 2.45) is 10.2 Å². The maximum atomic E-state index is 11.5. The molecule has 132 valence electrons. The predicted octanol–water partition coefficient (Wildman–Crippen LogP) is 2.96. The highest BCUT2D eigenvalue weighted by atomic mass is 32.2. The van der Waals surface area contributed by atoms with Crippen LogP contribution in [-0.2, 0) is 11.2 Å². The summed E-state index contributed by atoms with van der Waals surface area (Å²) < 4.78 is 1.80. The molecule has 1 atom stereocenters. The third-order valence-corrected chi connectivity index (χ3v) is 5.87. The summed E-state index contributed by atoms with van der Waals surface area (Å²) in [5, 5.41) is 17.0. The smallest absolute Gasteiger partial charge is 0.239 e. The fourth-order valence-electron chi connectivity index (χ4n) is 2.51. The third kappa shape index (κ3) is 3.15. The van der Waals surface area contributed by atoms with Gasteiger partial charge in [-0.15, -0.1) is 5.10 Å². The fourth-order valence-corrected chi connectivity index (χ4v) is 4.11. The first-order chi connectivity index (χ1) is 12.7. The van der Waals surface area contributed by atoms with Gasteiger partial charge < -0.3 is 5.32 Å². The molecule has 9 heteroatoms. The summed E-state index contributed by atoms with van der Waals surface area (Å²) in [4.78, 5) is 17.1. The number of aromatic nitrogens is 3. The lowest BCUT2D eigenvalue weighted by Crippen LogP contribution is -2.23. The van der Waals surface area contributed by atoms with Gasteiger partial charge in [-0.05, 0) is 13.3 Å². The SMILES string of the molecule is CCc1nn2c(/C=N/N=C3/NC(=O)C(C)S3)c(-c3ccccc3)nc2s1. The molecule has 1 fully saturated rings. The highest BCUT2D eigenvalue weighted by molar-refractivity contribution is 8.15. The standard InChI is InChI=1S/C17H16N6OS2/c1-3-13-22-23-12(9-18-21-16-20-15(24)10(2)25-16)14(19-17(23)26-13)11-7-5-4-6-8-11/h4-10H,3H2,1-2H3,(H,20,21,24)/b18-9+. The summed E-state index contributed by atoms with van der Waals surface area (Å²) >= 11 is 2.93. The Morgan fingerprint density at radius 2 is 2.15 bits per heavy atom. The molecule has 2 aromatic heterocycles. The van der Waals surface area contributed by atoms with Crippen LogP contribution < -0.4 is 5.32 Å². The molecule has 1 saturated heterocycles. The van der Waals surface area contributed by atoms with Crippen LogP contribution in [0.25, 0.3) is 16.2 Å². The summed E-state index contributed by atoms with van der Waals surface area (Å²) in [5.41, 5.74) is 2.58. The number of carbonyl (C=O) groups excluding carboxylic acids is 1. The molecule has 1 aliphatic heterocycles. The summed E-state index contributed by atoms with van der Waals surface area (Å²) in [6.45, 7) is 3.90. The molecule has 0 saturated carbocycles. The number of nitrogens with zero attached hydrogens (tertiary/aromatic N) is 5. The van der Waals surface area contributed by atoms with E-state index >= 15 is 0 Å². The Kier molecular flexibility index (Phi) is 4.56. The van der Waals surface area contributed by atoms with Crippen LogP contribution in [0.15, 0.2) is 40.5 Å². The lowest BCUT2D eigenvalue weighted by Gasteiger charge is -1.98. The lowest BCUT2D eigenvalue weighted by atomic mass is 10.1. The molecule has 1 unspecified atom stereocenters. The molecule has 3 aromatic rings. The van der Waals surface area contributed by atoms with E-state index in [0.29, 0.717) is 5.17 Å². The average Bonchev–Trinajstić information content (AvgIpc) is 3.29. The fraction of sp³-hybridized carbons (Fsp3) is 0.235. The Hall–Kier alpha value is -2.52. The van der Waals surface area contributed by atoms with Crippen molar-refractivity contribution in [3.8, 4) is 11.3 Å². The van der Waals surface area contributed by atoms with Gasteiger partial charge in [0.1, 0.15) is 16.4 Å². The number of imidazole rings is 1. The zero-order chi connectivity index (χ0) is 18.1. The zero-order valence-corrected chi connectivity index (χ0v) is 15.8. The van der Waals surface area contributed by atoms with Gasteiger partial charge in [-0.25, -0.2) is 9.50 Å². The Labute approximate surface area is 158 Å². The van der Waals surface area contributed by atoms with Crippen molar-refractivity contribution < 1.29 is 4.79 Å². The summed E-state index contributed by atoms with van der Waals surface area (Å²) in [6.07, 6.45) is 2.50. The third-order valence-electron chi connectivity index (χ3n) is 3.85. The van der Waals surface area contributed by atoms with Crippen molar-refractivity contribution in [1.82, 2.24) is 19.9 Å². The number of thioether (sulfide) groups is 1. The van der Waals surface area contributed by atoms with E-state index in [0.717, 1.165) is 33.3 Å². The van der Waals surface area contributed by atoms with E-state index < -0.39 is 0 Å². The minimum Gasteiger partial charge on any atom is -0.303 e. The van der Waals surface area contributed by atoms with Crippen molar-refractivity contribution in [1.29, 1.82) is 0 Å². The highest BCUT2D eigenvalue weighted by Gasteiger charge is 2.25. The first-order valence-electron chi connectivity index (χ1n) is 8.18. The summed E-state index contributed by atoms with van der Waals surface area (Å²) in [7, 11) is 0. The van der Waals surface area contributed by atoms with Gasteiger partial charge in [0, 0.05) is 5.56 Å². The monoisotopic (exact) mass is 384 g/mol. The summed E-state index contributed by atoms with van der Waals surface area (Å²) in [6, 6.07) is 9.92. The van der Waals surface area contributed by atoms with Crippen molar-refractivity contribution >= 4 is 45.3 Å². The van der Waals surface area contributed by atoms with E-state index in [1.807, 2.05) is 37.3 Å². The number of fused-ring (bicyclic) bond motifs is 1. The van der Waals surface area contributed by atoms with Gasteiger partial charge in [0.25, 0.3) is 0 Å². The van der Waals surface area contributed by atoms with Gasteiger partial charge in [0.2, 0.25) is 10.9 Å². The van der Waals surface area contributed by atoms with E-state index in [1.54, 1.807) is 22.1 Å². The van der Waals surface area contributed by atoms with E-state index in [-0.39, 0.29) is 11.2 Å². The number of carbonyl (C=O) groups is 1. The quantitative estimate of drug-likeness (QED) is 0.554. The van der Waals surface area contributed by atoms with Crippen molar-refractivity contribution in [2.75, 3.05) is 0 Å². The Morgan fingerprint density at radius 3 is 2.85 bits per heavy atom. The van der Waals surface area contributed by atoms with Crippen molar-refractivity contribution in [3.63, 3.8) is 0 Å². The molecule has 4 rings (SSSR count). The number of hydrogen-bond acceptors (Lipinski definition) is 7. The first-order valence-corrected chi connectivity index (χ1v) is 9.87. The van der Waals surface area contributed by atoms with Crippen LogP contribution in [0.5, 0.6) is 0 Å². The number of aryl methyl sites for hydroxylation is 1. The molecule has 0 bridgehead atoms. The molecule has 26 heavy (non-hydrogen) atoms. The topological polar surface area (TPSA) is 84.0 Å². The largest absolute Gasteiger partial charge is 0.303 e. The van der Waals surface area contributed by atoms with E-state index in [4.69, 9.17) is 4.98 Å². The molecule has 7 nitrogen and oxygen atoms in total. The predicted molar refractivity (Wildman–Crippen MR) is 106 cm³/mol. The van der Waals surface area contributed by atoms with Crippen LogP contribution in [-0.4, -0.2) is 37.1 Å². The second kappa shape index (κ2) is 7.00. The van der Waals surface area contributed by atoms with Gasteiger partial charge in [-0.1, -0.05) is 60.4 Å². The molecule has 0 aliphatic carbocycles. The number of amidine groups is 1. The number of nitrogens with one attached hydrogen (secondary N) is 1. The van der Waals surface area contributed by atoms with Crippen LogP contribution in [0.1, 0.15) is 24.5 Å². The minimum atomic E-state index is -0.142. The van der Waals surface area contributed by atoms with Gasteiger partial charge in [-0.3, -0.25) is 4.79 Å². The second-order valence-corrected chi connectivity index (χ2v) is 8.02. The molecule has 1 aliphatic rings. The van der Waals surface area contributed by atoms with Gasteiger partial charge in [0.05, 0.1) is 11.5 Å². The van der Waals surface area contributed by atoms with Gasteiger partial charge >= 0.3 is 0 Å². The molecule has 1 amide bonds. The van der Waals surface area contributed by atoms with Crippen LogP contribution >= 0.6 is 23.1 Å². The molecular weight excluding hydrogens is 368 g/mol. The van der Waals surface area contributed by atoms with Crippen molar-refractivity contribution in [2.45, 2.75) is 25.5 Å². The number of amides is 1. The van der Waals surface area contributed by atoms with E-state index in [2.05, 4.69) is 27.5 Å². The van der Waals surface area contributed by atoms with Crippen molar-refractivity contribution in [3.05, 3.63) is 41.0 Å². The average molecular weight is 384 g/mol. The maximum absolute atomic E-state index is 11.5. The number of hydrogen-bond donors (Lipinski definition) is 1. The molecule has 3 heterocycles. The van der Waals surface area contributed by atoms with E-state index in [1.165, 1.54) is 11.8 Å². The number of benzene rings is 1. The maximum Gasteiger partial charge on any atom is 0.239 e. The second-order valence-electron chi connectivity index (χ2n) is 5.65. The molecule has 0 spiro atoms. The normalized spacial score (nSPS) is 19.1. The molecule has 1 N–H and O–H groups in total. The van der Waals surface area contributed by atoms with Crippen LogP contribution in [0, 0.1) is 0 Å². The van der Waals surface area contributed by atoms with Crippen LogP contribution in [0.2, 0.25) is 0 Å².